The van der Waals surface area contributed by atoms with E-state index < -0.39 is 0 Å². The van der Waals surface area contributed by atoms with Gasteiger partial charge in [-0.1, -0.05) is 13.8 Å². The Bertz CT molecular complexity index is 177. The molecule has 1 rings (SSSR count). The van der Waals surface area contributed by atoms with E-state index in [0.717, 1.165) is 25.7 Å². The second-order valence-corrected chi connectivity index (χ2v) is 5.23. The quantitative estimate of drug-likeness (QED) is 0.756. The Kier molecular flexibility index (Phi) is 3.96. The summed E-state index contributed by atoms with van der Waals surface area (Å²) in [6.07, 6.45) is 4.33. The molecule has 2 heteroatoms. The van der Waals surface area contributed by atoms with E-state index in [1.165, 1.54) is 0 Å². The monoisotopic (exact) mass is 200 g/mol. The van der Waals surface area contributed by atoms with E-state index >= 15 is 0 Å². The third-order valence-corrected chi connectivity index (χ3v) is 3.26. The van der Waals surface area contributed by atoms with Crippen LogP contribution in [0.1, 0.15) is 53.4 Å². The van der Waals surface area contributed by atoms with Crippen LogP contribution in [0.5, 0.6) is 0 Å². The van der Waals surface area contributed by atoms with Gasteiger partial charge < -0.3 is 9.84 Å². The summed E-state index contributed by atoms with van der Waals surface area (Å²) in [6, 6.07) is 0. The number of rotatable bonds is 4. The second-order valence-electron chi connectivity index (χ2n) is 5.23. The summed E-state index contributed by atoms with van der Waals surface area (Å²) in [5.74, 6) is 0.360. The molecule has 0 radical (unpaired) electrons. The predicted molar refractivity (Wildman–Crippen MR) is 58.3 cm³/mol. The van der Waals surface area contributed by atoms with Gasteiger partial charge in [0.25, 0.3) is 0 Å². The van der Waals surface area contributed by atoms with Gasteiger partial charge in [-0.05, 0) is 45.4 Å². The molecular formula is C12H24O2. The molecule has 3 unspecified atom stereocenters. The molecule has 0 spiro atoms. The molecule has 1 heterocycles. The van der Waals surface area contributed by atoms with Crippen molar-refractivity contribution in [3.8, 4) is 0 Å². The first kappa shape index (κ1) is 12.0. The number of hydrogen-bond acceptors (Lipinski definition) is 2. The van der Waals surface area contributed by atoms with Crippen LogP contribution in [-0.2, 0) is 4.74 Å². The van der Waals surface area contributed by atoms with E-state index in [1.54, 1.807) is 0 Å². The lowest BCUT2D eigenvalue weighted by Gasteiger charge is -2.23. The van der Waals surface area contributed by atoms with Gasteiger partial charge in [0.1, 0.15) is 0 Å². The van der Waals surface area contributed by atoms with E-state index in [1.807, 2.05) is 6.92 Å². The van der Waals surface area contributed by atoms with Gasteiger partial charge in [0.05, 0.1) is 17.8 Å². The largest absolute Gasteiger partial charge is 0.393 e. The summed E-state index contributed by atoms with van der Waals surface area (Å²) in [5, 5.41) is 9.66. The van der Waals surface area contributed by atoms with E-state index in [9.17, 15) is 5.11 Å². The fourth-order valence-electron chi connectivity index (χ4n) is 2.22. The zero-order valence-corrected chi connectivity index (χ0v) is 9.92. The highest BCUT2D eigenvalue weighted by atomic mass is 16.5. The van der Waals surface area contributed by atoms with Crippen LogP contribution in [0.25, 0.3) is 0 Å². The van der Waals surface area contributed by atoms with Crippen molar-refractivity contribution < 1.29 is 9.84 Å². The molecule has 1 fully saturated rings. The van der Waals surface area contributed by atoms with E-state index in [-0.39, 0.29) is 11.7 Å². The summed E-state index contributed by atoms with van der Waals surface area (Å²) < 4.78 is 5.90. The first-order chi connectivity index (χ1) is 6.44. The van der Waals surface area contributed by atoms with Gasteiger partial charge in [0.15, 0.2) is 0 Å². The van der Waals surface area contributed by atoms with E-state index in [0.29, 0.717) is 12.0 Å². The van der Waals surface area contributed by atoms with Gasteiger partial charge in [-0.3, -0.25) is 0 Å². The number of ether oxygens (including phenoxy) is 1. The van der Waals surface area contributed by atoms with Crippen molar-refractivity contribution in [2.75, 3.05) is 0 Å². The minimum Gasteiger partial charge on any atom is -0.393 e. The Labute approximate surface area is 87.7 Å². The zero-order chi connectivity index (χ0) is 10.8. The van der Waals surface area contributed by atoms with Gasteiger partial charge in [0.2, 0.25) is 0 Å². The van der Waals surface area contributed by atoms with Crippen LogP contribution in [0, 0.1) is 5.92 Å². The molecule has 1 aliphatic rings. The molecule has 0 aromatic heterocycles. The minimum absolute atomic E-state index is 0.0571. The fraction of sp³-hybridized carbons (Fsp3) is 1.00. The molecule has 0 bridgehead atoms. The Balaban J connectivity index is 2.32. The SMILES string of the molecule is CCC(O)C(C)CC1CCC(C)(C)O1. The molecular weight excluding hydrogens is 176 g/mol. The maximum absolute atomic E-state index is 9.66. The van der Waals surface area contributed by atoms with Crippen molar-refractivity contribution in [3.05, 3.63) is 0 Å². The van der Waals surface area contributed by atoms with Gasteiger partial charge in [-0.15, -0.1) is 0 Å². The zero-order valence-electron chi connectivity index (χ0n) is 9.92. The van der Waals surface area contributed by atoms with Gasteiger partial charge >= 0.3 is 0 Å². The van der Waals surface area contributed by atoms with Crippen molar-refractivity contribution in [2.24, 2.45) is 5.92 Å². The summed E-state index contributed by atoms with van der Waals surface area (Å²) in [4.78, 5) is 0. The normalized spacial score (nSPS) is 30.2. The standard InChI is InChI=1S/C12H24O2/c1-5-11(13)9(2)8-10-6-7-12(3,4)14-10/h9-11,13H,5-8H2,1-4H3. The van der Waals surface area contributed by atoms with Crippen molar-refractivity contribution in [1.29, 1.82) is 0 Å². The molecule has 14 heavy (non-hydrogen) atoms. The average Bonchev–Trinajstić information content (AvgIpc) is 2.44. The summed E-state index contributed by atoms with van der Waals surface area (Å²) >= 11 is 0. The van der Waals surface area contributed by atoms with Crippen molar-refractivity contribution in [3.63, 3.8) is 0 Å². The summed E-state index contributed by atoms with van der Waals surface area (Å²) in [5.41, 5.74) is 0.0571. The molecule has 2 nitrogen and oxygen atoms in total. The first-order valence-corrected chi connectivity index (χ1v) is 5.80. The maximum atomic E-state index is 9.66. The molecule has 0 saturated carbocycles. The highest BCUT2D eigenvalue weighted by Gasteiger charge is 2.32. The van der Waals surface area contributed by atoms with Gasteiger partial charge in [-0.2, -0.15) is 0 Å². The fourth-order valence-corrected chi connectivity index (χ4v) is 2.22. The van der Waals surface area contributed by atoms with Crippen molar-refractivity contribution in [2.45, 2.75) is 71.2 Å². The lowest BCUT2D eigenvalue weighted by Crippen LogP contribution is -2.25. The predicted octanol–water partition coefficient (Wildman–Crippen LogP) is 2.74. The molecule has 1 saturated heterocycles. The molecule has 3 atom stereocenters. The van der Waals surface area contributed by atoms with Crippen molar-refractivity contribution in [1.82, 2.24) is 0 Å². The van der Waals surface area contributed by atoms with Gasteiger partial charge in [0, 0.05) is 0 Å². The summed E-state index contributed by atoms with van der Waals surface area (Å²) in [6.45, 7) is 8.44. The Hall–Kier alpha value is -0.0800. The van der Waals surface area contributed by atoms with Crippen LogP contribution in [-0.4, -0.2) is 22.9 Å². The third kappa shape index (κ3) is 3.25. The Morgan fingerprint density at radius 2 is 2.14 bits per heavy atom. The van der Waals surface area contributed by atoms with Crippen molar-refractivity contribution >= 4 is 0 Å². The Morgan fingerprint density at radius 3 is 2.57 bits per heavy atom. The smallest absolute Gasteiger partial charge is 0.0631 e. The molecule has 1 N–H and O–H groups in total. The van der Waals surface area contributed by atoms with Crippen LogP contribution < -0.4 is 0 Å². The van der Waals surface area contributed by atoms with Crippen LogP contribution in [0.2, 0.25) is 0 Å². The molecule has 0 aromatic carbocycles. The van der Waals surface area contributed by atoms with Crippen LogP contribution >= 0.6 is 0 Å². The van der Waals surface area contributed by atoms with E-state index in [4.69, 9.17) is 4.74 Å². The molecule has 0 aliphatic carbocycles. The molecule has 84 valence electrons. The first-order valence-electron chi connectivity index (χ1n) is 5.80. The van der Waals surface area contributed by atoms with Crippen LogP contribution in [0.15, 0.2) is 0 Å². The Morgan fingerprint density at radius 1 is 1.50 bits per heavy atom. The van der Waals surface area contributed by atoms with Crippen LogP contribution in [0.3, 0.4) is 0 Å². The van der Waals surface area contributed by atoms with Gasteiger partial charge in [-0.25, -0.2) is 0 Å². The average molecular weight is 200 g/mol. The molecule has 0 amide bonds. The second kappa shape index (κ2) is 4.63. The highest BCUT2D eigenvalue weighted by Crippen LogP contribution is 2.33. The molecule has 1 aliphatic heterocycles. The lowest BCUT2D eigenvalue weighted by molar-refractivity contribution is -0.0331. The van der Waals surface area contributed by atoms with E-state index in [2.05, 4.69) is 20.8 Å². The minimum atomic E-state index is -0.165. The summed E-state index contributed by atoms with van der Waals surface area (Å²) in [7, 11) is 0. The molecule has 0 aromatic rings. The number of aliphatic hydroxyl groups excluding tert-OH is 1. The third-order valence-electron chi connectivity index (χ3n) is 3.26. The topological polar surface area (TPSA) is 29.5 Å². The highest BCUT2D eigenvalue weighted by molar-refractivity contribution is 4.82. The van der Waals surface area contributed by atoms with Crippen LogP contribution in [0.4, 0.5) is 0 Å². The number of aliphatic hydroxyl groups is 1. The lowest BCUT2D eigenvalue weighted by atomic mass is 9.94. The number of hydrogen-bond donors (Lipinski definition) is 1. The maximum Gasteiger partial charge on any atom is 0.0631 e.